The van der Waals surface area contributed by atoms with Gasteiger partial charge in [0.2, 0.25) is 5.91 Å². The molecule has 0 atom stereocenters. The molecule has 5 heteroatoms. The molecule has 1 heterocycles. The van der Waals surface area contributed by atoms with Gasteiger partial charge in [0.05, 0.1) is 11.6 Å². The quantitative estimate of drug-likeness (QED) is 0.522. The lowest BCUT2D eigenvalue weighted by Gasteiger charge is -2.32. The van der Waals surface area contributed by atoms with Crippen LogP contribution in [0.15, 0.2) is 23.2 Å². The van der Waals surface area contributed by atoms with Crippen LogP contribution in [0.5, 0.6) is 0 Å². The normalized spacial score (nSPS) is 19.9. The summed E-state index contributed by atoms with van der Waals surface area (Å²) in [5, 5.41) is 0. The number of rotatable bonds is 4. The third-order valence-electron chi connectivity index (χ3n) is 4.83. The fourth-order valence-electron chi connectivity index (χ4n) is 3.26. The molecule has 4 nitrogen and oxygen atoms in total. The number of alkyl halides is 1. The van der Waals surface area contributed by atoms with E-state index in [9.17, 15) is 4.79 Å². The Balaban J connectivity index is 1.64. The fraction of sp³-hybridized carbons (Fsp3) is 0.556. The van der Waals surface area contributed by atoms with Crippen molar-refractivity contribution in [1.82, 2.24) is 4.90 Å². The average molecular weight is 334 g/mol. The van der Waals surface area contributed by atoms with Gasteiger partial charge in [0.15, 0.2) is 0 Å². The summed E-state index contributed by atoms with van der Waals surface area (Å²) in [4.78, 5) is 18.5. The summed E-state index contributed by atoms with van der Waals surface area (Å²) in [6.07, 6.45) is 4.27. The highest BCUT2D eigenvalue weighted by molar-refractivity contribution is 6.28. The molecule has 0 radical (unpaired) electrons. The standard InChI is InChI=1S/C18H24ClN3O/c1-12-10-15(4-5-16(12)21-17(20)11-19)13-6-8-22(9-7-13)18(23)14-2-3-14/h4-5,10,13-14H,2-3,6-9,11H2,1H3,(H2,20,21). The van der Waals surface area contributed by atoms with Gasteiger partial charge in [-0.2, -0.15) is 0 Å². The Bertz CT molecular complexity index is 617. The summed E-state index contributed by atoms with van der Waals surface area (Å²) in [7, 11) is 0. The van der Waals surface area contributed by atoms with E-state index in [1.807, 2.05) is 6.07 Å². The van der Waals surface area contributed by atoms with E-state index in [0.717, 1.165) is 50.0 Å². The first-order valence-corrected chi connectivity index (χ1v) is 8.90. The predicted octanol–water partition coefficient (Wildman–Crippen LogP) is 3.34. The van der Waals surface area contributed by atoms with Crippen molar-refractivity contribution >= 4 is 29.0 Å². The molecule has 1 amide bonds. The van der Waals surface area contributed by atoms with E-state index < -0.39 is 0 Å². The van der Waals surface area contributed by atoms with Crippen molar-refractivity contribution < 1.29 is 4.79 Å². The Morgan fingerprint density at radius 3 is 2.57 bits per heavy atom. The lowest BCUT2D eigenvalue weighted by Crippen LogP contribution is -2.38. The lowest BCUT2D eigenvalue weighted by molar-refractivity contribution is -0.133. The molecule has 0 unspecified atom stereocenters. The van der Waals surface area contributed by atoms with Crippen molar-refractivity contribution in [1.29, 1.82) is 0 Å². The highest BCUT2D eigenvalue weighted by atomic mass is 35.5. The van der Waals surface area contributed by atoms with Crippen molar-refractivity contribution in [2.75, 3.05) is 19.0 Å². The molecule has 2 N–H and O–H groups in total. The van der Waals surface area contributed by atoms with Gasteiger partial charge in [0, 0.05) is 19.0 Å². The number of amidine groups is 1. The van der Waals surface area contributed by atoms with Crippen LogP contribution in [0.25, 0.3) is 0 Å². The topological polar surface area (TPSA) is 58.7 Å². The fourth-order valence-corrected chi connectivity index (χ4v) is 3.32. The van der Waals surface area contributed by atoms with Crippen molar-refractivity contribution in [3.05, 3.63) is 29.3 Å². The Kier molecular flexibility index (Phi) is 4.90. The van der Waals surface area contributed by atoms with Gasteiger partial charge >= 0.3 is 0 Å². The van der Waals surface area contributed by atoms with Crippen LogP contribution >= 0.6 is 11.6 Å². The van der Waals surface area contributed by atoms with Crippen LogP contribution in [0.3, 0.4) is 0 Å². The first kappa shape index (κ1) is 16.3. The molecule has 1 saturated heterocycles. The summed E-state index contributed by atoms with van der Waals surface area (Å²) in [6.45, 7) is 3.83. The number of amides is 1. The van der Waals surface area contributed by atoms with Gasteiger partial charge in [-0.25, -0.2) is 4.99 Å². The molecule has 124 valence electrons. The average Bonchev–Trinajstić information content (AvgIpc) is 3.41. The molecule has 3 rings (SSSR count). The molecule has 1 aromatic carbocycles. The number of carbonyl (C=O) groups is 1. The first-order valence-electron chi connectivity index (χ1n) is 8.37. The molecule has 1 aliphatic heterocycles. The number of carbonyl (C=O) groups excluding carboxylic acids is 1. The van der Waals surface area contributed by atoms with Crippen molar-refractivity contribution in [2.45, 2.75) is 38.5 Å². The summed E-state index contributed by atoms with van der Waals surface area (Å²) in [5.41, 5.74) is 9.05. The zero-order valence-electron chi connectivity index (χ0n) is 13.6. The number of nitrogens with zero attached hydrogens (tertiary/aromatic N) is 2. The summed E-state index contributed by atoms with van der Waals surface area (Å²) in [5.74, 6) is 1.92. The first-order chi connectivity index (χ1) is 11.1. The van der Waals surface area contributed by atoms with Gasteiger partial charge in [-0.1, -0.05) is 12.1 Å². The maximum Gasteiger partial charge on any atom is 0.225 e. The van der Waals surface area contributed by atoms with Gasteiger partial charge in [-0.15, -0.1) is 11.6 Å². The summed E-state index contributed by atoms with van der Waals surface area (Å²) in [6, 6.07) is 6.35. The molecule has 2 aliphatic rings. The molecule has 23 heavy (non-hydrogen) atoms. The molecular weight excluding hydrogens is 310 g/mol. The van der Waals surface area contributed by atoms with E-state index >= 15 is 0 Å². The highest BCUT2D eigenvalue weighted by Gasteiger charge is 2.35. The minimum absolute atomic E-state index is 0.245. The van der Waals surface area contributed by atoms with E-state index in [4.69, 9.17) is 17.3 Å². The van der Waals surface area contributed by atoms with Gasteiger partial charge < -0.3 is 10.6 Å². The second-order valence-electron chi connectivity index (χ2n) is 6.66. The zero-order chi connectivity index (χ0) is 16.4. The largest absolute Gasteiger partial charge is 0.386 e. The molecule has 2 fully saturated rings. The predicted molar refractivity (Wildman–Crippen MR) is 94.5 cm³/mol. The van der Waals surface area contributed by atoms with Crippen LogP contribution in [-0.4, -0.2) is 35.6 Å². The number of nitrogens with two attached hydrogens (primary N) is 1. The van der Waals surface area contributed by atoms with Crippen LogP contribution in [0.1, 0.15) is 42.7 Å². The Morgan fingerprint density at radius 1 is 1.30 bits per heavy atom. The van der Waals surface area contributed by atoms with Gasteiger partial charge in [0.25, 0.3) is 0 Å². The Morgan fingerprint density at radius 2 is 2.00 bits per heavy atom. The maximum atomic E-state index is 12.1. The number of likely N-dealkylation sites (tertiary alicyclic amines) is 1. The lowest BCUT2D eigenvalue weighted by atomic mass is 9.88. The van der Waals surface area contributed by atoms with Crippen molar-refractivity contribution in [3.63, 3.8) is 0 Å². The Labute approximate surface area is 142 Å². The number of hydrogen-bond acceptors (Lipinski definition) is 2. The molecule has 0 aromatic heterocycles. The minimum Gasteiger partial charge on any atom is -0.386 e. The number of aliphatic imine (C=N–C) groups is 1. The highest BCUT2D eigenvalue weighted by Crippen LogP contribution is 2.35. The molecular formula is C18H24ClN3O. The van der Waals surface area contributed by atoms with Gasteiger partial charge in [-0.3, -0.25) is 4.79 Å². The monoisotopic (exact) mass is 333 g/mol. The minimum atomic E-state index is 0.245. The van der Waals surface area contributed by atoms with E-state index in [-0.39, 0.29) is 5.88 Å². The molecule has 0 spiro atoms. The summed E-state index contributed by atoms with van der Waals surface area (Å²) >= 11 is 5.69. The third-order valence-corrected chi connectivity index (χ3v) is 5.10. The van der Waals surface area contributed by atoms with E-state index in [1.165, 1.54) is 5.56 Å². The second-order valence-corrected chi connectivity index (χ2v) is 6.92. The molecule has 1 aliphatic carbocycles. The second kappa shape index (κ2) is 6.91. The van der Waals surface area contributed by atoms with E-state index in [2.05, 4.69) is 28.9 Å². The van der Waals surface area contributed by atoms with Crippen LogP contribution in [0.2, 0.25) is 0 Å². The third kappa shape index (κ3) is 3.86. The van der Waals surface area contributed by atoms with E-state index in [0.29, 0.717) is 23.6 Å². The van der Waals surface area contributed by atoms with Crippen LogP contribution in [0, 0.1) is 12.8 Å². The Hall–Kier alpha value is -1.55. The van der Waals surface area contributed by atoms with Crippen LogP contribution < -0.4 is 5.73 Å². The summed E-state index contributed by atoms with van der Waals surface area (Å²) < 4.78 is 0. The van der Waals surface area contributed by atoms with Crippen molar-refractivity contribution in [2.24, 2.45) is 16.6 Å². The number of benzene rings is 1. The molecule has 1 saturated carbocycles. The van der Waals surface area contributed by atoms with Crippen LogP contribution in [-0.2, 0) is 4.79 Å². The molecule has 0 bridgehead atoms. The van der Waals surface area contributed by atoms with Gasteiger partial charge in [-0.05, 0) is 55.7 Å². The molecule has 1 aromatic rings. The number of aryl methyl sites for hydroxylation is 1. The number of piperidine rings is 1. The van der Waals surface area contributed by atoms with E-state index in [1.54, 1.807) is 0 Å². The van der Waals surface area contributed by atoms with Gasteiger partial charge in [0.1, 0.15) is 5.84 Å². The zero-order valence-corrected chi connectivity index (χ0v) is 14.4. The van der Waals surface area contributed by atoms with Crippen molar-refractivity contribution in [3.8, 4) is 0 Å². The smallest absolute Gasteiger partial charge is 0.225 e. The maximum absolute atomic E-state index is 12.1. The number of halogens is 1. The SMILES string of the molecule is Cc1cc(C2CCN(C(=O)C3CC3)CC2)ccc1N=C(N)CCl. The number of hydrogen-bond donors (Lipinski definition) is 1. The van der Waals surface area contributed by atoms with Crippen LogP contribution in [0.4, 0.5) is 5.69 Å².